The van der Waals surface area contributed by atoms with E-state index in [0.717, 1.165) is 21.9 Å². The van der Waals surface area contributed by atoms with E-state index >= 15 is 0 Å². The lowest BCUT2D eigenvalue weighted by molar-refractivity contribution is 1.01. The van der Waals surface area contributed by atoms with Crippen molar-refractivity contribution < 1.29 is 0 Å². The molecule has 0 spiro atoms. The Labute approximate surface area is 89.7 Å². The Hall–Kier alpha value is -2.43. The van der Waals surface area contributed by atoms with Gasteiger partial charge in [0.2, 0.25) is 0 Å². The van der Waals surface area contributed by atoms with Gasteiger partial charge in [0.1, 0.15) is 17.4 Å². The SMILES string of the molecule is c1ccc2c(c1)ncc1nc3nc[nH]n3c12. The van der Waals surface area contributed by atoms with Crippen LogP contribution in [0.15, 0.2) is 36.8 Å². The highest BCUT2D eigenvalue weighted by Crippen LogP contribution is 2.22. The topological polar surface area (TPSA) is 58.9 Å². The van der Waals surface area contributed by atoms with Crippen molar-refractivity contribution in [2.75, 3.05) is 0 Å². The smallest absolute Gasteiger partial charge is 0.251 e. The third-order valence-corrected chi connectivity index (χ3v) is 2.74. The summed E-state index contributed by atoms with van der Waals surface area (Å²) in [6, 6.07) is 8.01. The maximum atomic E-state index is 4.38. The highest BCUT2D eigenvalue weighted by atomic mass is 15.3. The van der Waals surface area contributed by atoms with Crippen molar-refractivity contribution in [1.29, 1.82) is 0 Å². The minimum Gasteiger partial charge on any atom is -0.280 e. The van der Waals surface area contributed by atoms with Crippen molar-refractivity contribution in [3.63, 3.8) is 0 Å². The number of nitrogens with one attached hydrogen (secondary N) is 1. The van der Waals surface area contributed by atoms with Gasteiger partial charge in [-0.25, -0.2) is 14.5 Å². The molecule has 0 saturated heterocycles. The van der Waals surface area contributed by atoms with Gasteiger partial charge in [0, 0.05) is 5.39 Å². The van der Waals surface area contributed by atoms with Gasteiger partial charge in [-0.1, -0.05) is 18.2 Å². The molecule has 16 heavy (non-hydrogen) atoms. The van der Waals surface area contributed by atoms with Crippen molar-refractivity contribution in [3.05, 3.63) is 36.8 Å². The lowest BCUT2D eigenvalue weighted by Gasteiger charge is -1.97. The molecular weight excluding hydrogens is 202 g/mol. The predicted molar refractivity (Wildman–Crippen MR) is 60.1 cm³/mol. The van der Waals surface area contributed by atoms with E-state index in [2.05, 4.69) is 20.1 Å². The molecule has 0 saturated carbocycles. The standard InChI is InChI=1S/C11H7N5/c1-2-4-8-7(3-1)10-9(5-12-8)15-11-13-6-14-16(10)11/h1-6H,(H,13,14,15). The molecule has 0 unspecified atom stereocenters. The van der Waals surface area contributed by atoms with Gasteiger partial charge < -0.3 is 0 Å². The zero-order valence-corrected chi connectivity index (χ0v) is 8.25. The molecule has 0 aliphatic rings. The third-order valence-electron chi connectivity index (χ3n) is 2.74. The van der Waals surface area contributed by atoms with Gasteiger partial charge in [0.05, 0.1) is 11.7 Å². The van der Waals surface area contributed by atoms with Gasteiger partial charge in [0.15, 0.2) is 0 Å². The number of H-pyrrole nitrogens is 1. The van der Waals surface area contributed by atoms with Crippen molar-refractivity contribution in [2.24, 2.45) is 0 Å². The zero-order valence-electron chi connectivity index (χ0n) is 8.25. The second kappa shape index (κ2) is 2.57. The fraction of sp³-hybridized carbons (Fsp3) is 0. The monoisotopic (exact) mass is 209 g/mol. The van der Waals surface area contributed by atoms with E-state index in [0.29, 0.717) is 5.78 Å². The number of aromatic amines is 1. The molecule has 76 valence electrons. The lowest BCUT2D eigenvalue weighted by Crippen LogP contribution is -1.85. The maximum absolute atomic E-state index is 4.38. The van der Waals surface area contributed by atoms with Crippen molar-refractivity contribution in [2.45, 2.75) is 0 Å². The van der Waals surface area contributed by atoms with Crippen LogP contribution in [0.25, 0.3) is 27.7 Å². The second-order valence-electron chi connectivity index (χ2n) is 3.64. The summed E-state index contributed by atoms with van der Waals surface area (Å²) >= 11 is 0. The molecule has 0 fully saturated rings. The first-order valence-electron chi connectivity index (χ1n) is 4.99. The largest absolute Gasteiger partial charge is 0.280 e. The molecule has 0 amide bonds. The van der Waals surface area contributed by atoms with E-state index < -0.39 is 0 Å². The van der Waals surface area contributed by atoms with Crippen molar-refractivity contribution in [1.82, 2.24) is 24.6 Å². The Balaban J connectivity index is 2.41. The molecule has 1 aromatic carbocycles. The number of aromatic nitrogens is 5. The number of rotatable bonds is 0. The van der Waals surface area contributed by atoms with Crippen LogP contribution in [0.5, 0.6) is 0 Å². The first-order valence-corrected chi connectivity index (χ1v) is 4.99. The fourth-order valence-corrected chi connectivity index (χ4v) is 2.04. The van der Waals surface area contributed by atoms with Crippen molar-refractivity contribution >= 4 is 27.7 Å². The number of hydrogen-bond donors (Lipinski definition) is 1. The Morgan fingerprint density at radius 3 is 3.00 bits per heavy atom. The summed E-state index contributed by atoms with van der Waals surface area (Å²) in [6.45, 7) is 0. The molecule has 1 N–H and O–H groups in total. The molecule has 0 radical (unpaired) electrons. The van der Waals surface area contributed by atoms with Crippen LogP contribution >= 0.6 is 0 Å². The molecule has 0 aliphatic carbocycles. The van der Waals surface area contributed by atoms with Gasteiger partial charge in [-0.2, -0.15) is 0 Å². The molecule has 5 heteroatoms. The minimum absolute atomic E-state index is 0.674. The Morgan fingerprint density at radius 2 is 2.00 bits per heavy atom. The van der Waals surface area contributed by atoms with Gasteiger partial charge in [0.25, 0.3) is 5.78 Å². The van der Waals surface area contributed by atoms with Crippen LogP contribution in [0.4, 0.5) is 0 Å². The predicted octanol–water partition coefficient (Wildman–Crippen LogP) is 1.76. The molecular formula is C11H7N5. The quantitative estimate of drug-likeness (QED) is 0.480. The first kappa shape index (κ1) is 7.81. The molecule has 0 aliphatic heterocycles. The molecule has 0 bridgehead atoms. The third kappa shape index (κ3) is 0.826. The molecule has 3 aromatic heterocycles. The highest BCUT2D eigenvalue weighted by Gasteiger charge is 2.09. The average molecular weight is 209 g/mol. The minimum atomic E-state index is 0.674. The zero-order chi connectivity index (χ0) is 10.5. The van der Waals surface area contributed by atoms with Crippen LogP contribution in [0.3, 0.4) is 0 Å². The first-order chi connectivity index (χ1) is 7.93. The summed E-state index contributed by atoms with van der Waals surface area (Å²) in [4.78, 5) is 12.9. The molecule has 4 rings (SSSR count). The van der Waals surface area contributed by atoms with Crippen LogP contribution in [-0.2, 0) is 0 Å². The maximum Gasteiger partial charge on any atom is 0.251 e. The summed E-state index contributed by atoms with van der Waals surface area (Å²) in [7, 11) is 0. The van der Waals surface area contributed by atoms with E-state index in [4.69, 9.17) is 0 Å². The number of nitrogens with zero attached hydrogens (tertiary/aromatic N) is 4. The second-order valence-corrected chi connectivity index (χ2v) is 3.64. The van der Waals surface area contributed by atoms with Crippen LogP contribution in [0.1, 0.15) is 0 Å². The van der Waals surface area contributed by atoms with Gasteiger partial charge >= 0.3 is 0 Å². The van der Waals surface area contributed by atoms with Crippen LogP contribution in [0, 0.1) is 0 Å². The Kier molecular flexibility index (Phi) is 1.26. The average Bonchev–Trinajstić information content (AvgIpc) is 2.88. The summed E-state index contributed by atoms with van der Waals surface area (Å²) in [5, 5.41) is 4.13. The highest BCUT2D eigenvalue weighted by molar-refractivity contribution is 6.02. The van der Waals surface area contributed by atoms with Gasteiger partial charge in [-0.3, -0.25) is 10.1 Å². The number of fused-ring (bicyclic) bond motifs is 5. The number of hydrogen-bond acceptors (Lipinski definition) is 3. The van der Waals surface area contributed by atoms with Crippen LogP contribution in [-0.4, -0.2) is 24.6 Å². The van der Waals surface area contributed by atoms with Crippen molar-refractivity contribution in [3.8, 4) is 0 Å². The number of para-hydroxylation sites is 1. The van der Waals surface area contributed by atoms with Crippen LogP contribution in [0.2, 0.25) is 0 Å². The Bertz CT molecular complexity index is 811. The fourth-order valence-electron chi connectivity index (χ4n) is 2.04. The van der Waals surface area contributed by atoms with Gasteiger partial charge in [-0.15, -0.1) is 0 Å². The van der Waals surface area contributed by atoms with Gasteiger partial charge in [-0.05, 0) is 6.07 Å². The molecule has 4 aromatic rings. The van der Waals surface area contributed by atoms with E-state index in [-0.39, 0.29) is 0 Å². The summed E-state index contributed by atoms with van der Waals surface area (Å²) in [5.41, 5.74) is 2.85. The molecule has 5 nitrogen and oxygen atoms in total. The van der Waals surface area contributed by atoms with E-state index in [1.807, 2.05) is 28.8 Å². The summed E-state index contributed by atoms with van der Waals surface area (Å²) < 4.78 is 1.87. The number of benzene rings is 1. The summed E-state index contributed by atoms with van der Waals surface area (Å²) in [5.74, 6) is 0.674. The molecule has 3 heterocycles. The van der Waals surface area contributed by atoms with E-state index in [1.54, 1.807) is 12.5 Å². The Morgan fingerprint density at radius 1 is 1.06 bits per heavy atom. The summed E-state index contributed by atoms with van der Waals surface area (Å²) in [6.07, 6.45) is 3.41. The molecule has 0 atom stereocenters. The van der Waals surface area contributed by atoms with E-state index in [1.165, 1.54) is 0 Å². The van der Waals surface area contributed by atoms with E-state index in [9.17, 15) is 0 Å². The number of imidazole rings is 1. The van der Waals surface area contributed by atoms with Crippen LogP contribution < -0.4 is 0 Å². The number of pyridine rings is 1. The lowest BCUT2D eigenvalue weighted by atomic mass is 10.2. The normalized spacial score (nSPS) is 11.8.